The molecule has 188 valence electrons. The molecule has 0 N–H and O–H groups in total. The van der Waals surface area contributed by atoms with E-state index in [0.29, 0.717) is 39.6 Å². The van der Waals surface area contributed by atoms with Crippen molar-refractivity contribution in [2.45, 2.75) is 58.5 Å². The van der Waals surface area contributed by atoms with Crippen molar-refractivity contribution in [1.82, 2.24) is 0 Å². The zero-order valence-electron chi connectivity index (χ0n) is 20.6. The summed E-state index contributed by atoms with van der Waals surface area (Å²) < 4.78 is 21.4. The highest BCUT2D eigenvalue weighted by molar-refractivity contribution is 6.31. The average Bonchev–Trinajstić information content (AvgIpc) is 3.65. The molecule has 1 unspecified atom stereocenters. The molecule has 1 fully saturated rings. The van der Waals surface area contributed by atoms with Gasteiger partial charge in [0.1, 0.15) is 11.7 Å². The second-order valence-corrected chi connectivity index (χ2v) is 10.1. The van der Waals surface area contributed by atoms with E-state index in [9.17, 15) is 14.8 Å². The SMILES string of the molecule is CC(=O)c1ccc(CC(=O)C(CC2CC2)c2ccc(-c3c(OC(C)C)ccc(Cl)c3F)c[n+]2[O-])cc1. The molecule has 1 aromatic heterocycles. The van der Waals surface area contributed by atoms with E-state index in [2.05, 4.69) is 0 Å². The summed E-state index contributed by atoms with van der Waals surface area (Å²) in [6, 6.07) is 13.2. The minimum absolute atomic E-state index is 0.0370. The number of halogens is 2. The van der Waals surface area contributed by atoms with Gasteiger partial charge in [0, 0.05) is 18.1 Å². The van der Waals surface area contributed by atoms with E-state index in [1.165, 1.54) is 19.2 Å². The minimum atomic E-state index is -0.665. The molecule has 3 aromatic rings. The summed E-state index contributed by atoms with van der Waals surface area (Å²) in [5.41, 5.74) is 2.15. The van der Waals surface area contributed by atoms with Gasteiger partial charge >= 0.3 is 0 Å². The Morgan fingerprint density at radius 2 is 1.81 bits per heavy atom. The van der Waals surface area contributed by atoms with Crippen molar-refractivity contribution in [2.24, 2.45) is 5.92 Å². The minimum Gasteiger partial charge on any atom is -0.618 e. The Morgan fingerprint density at radius 3 is 2.39 bits per heavy atom. The molecule has 0 saturated heterocycles. The Bertz CT molecular complexity index is 1290. The molecule has 1 heterocycles. The summed E-state index contributed by atoms with van der Waals surface area (Å²) >= 11 is 6.02. The normalized spacial score (nSPS) is 14.1. The molecule has 5 nitrogen and oxygen atoms in total. The summed E-state index contributed by atoms with van der Waals surface area (Å²) in [4.78, 5) is 24.9. The van der Waals surface area contributed by atoms with Crippen molar-refractivity contribution in [1.29, 1.82) is 0 Å². The van der Waals surface area contributed by atoms with E-state index in [-0.39, 0.29) is 34.7 Å². The molecule has 36 heavy (non-hydrogen) atoms. The van der Waals surface area contributed by atoms with Crippen molar-refractivity contribution < 1.29 is 23.4 Å². The predicted molar refractivity (Wildman–Crippen MR) is 137 cm³/mol. The number of ketones is 2. The molecule has 0 bridgehead atoms. The van der Waals surface area contributed by atoms with Crippen LogP contribution in [0, 0.1) is 16.9 Å². The van der Waals surface area contributed by atoms with Crippen LogP contribution in [0.25, 0.3) is 11.1 Å². The maximum absolute atomic E-state index is 15.0. The Kier molecular flexibility index (Phi) is 7.74. The van der Waals surface area contributed by atoms with Gasteiger partial charge in [-0.05, 0) is 56.9 Å². The number of aromatic nitrogens is 1. The number of hydrogen-bond acceptors (Lipinski definition) is 4. The number of hydrogen-bond donors (Lipinski definition) is 0. The molecule has 0 radical (unpaired) electrons. The van der Waals surface area contributed by atoms with Gasteiger partial charge in [0.15, 0.2) is 23.6 Å². The molecule has 0 spiro atoms. The van der Waals surface area contributed by atoms with Gasteiger partial charge in [-0.15, -0.1) is 0 Å². The second-order valence-electron chi connectivity index (χ2n) is 9.70. The fourth-order valence-electron chi connectivity index (χ4n) is 4.35. The van der Waals surface area contributed by atoms with Crippen LogP contribution in [0.4, 0.5) is 4.39 Å². The van der Waals surface area contributed by atoms with Crippen molar-refractivity contribution in [3.8, 4) is 16.9 Å². The monoisotopic (exact) mass is 509 g/mol. The van der Waals surface area contributed by atoms with E-state index in [1.54, 1.807) is 42.5 Å². The van der Waals surface area contributed by atoms with Gasteiger partial charge in [-0.2, -0.15) is 4.73 Å². The Labute approximate surface area is 215 Å². The molecule has 1 atom stereocenters. The van der Waals surface area contributed by atoms with Crippen molar-refractivity contribution >= 4 is 23.2 Å². The predicted octanol–water partition coefficient (Wildman–Crippen LogP) is 6.46. The number of benzene rings is 2. The summed E-state index contributed by atoms with van der Waals surface area (Å²) in [5, 5.41) is 13.1. The van der Waals surface area contributed by atoms with E-state index in [4.69, 9.17) is 16.3 Å². The molecule has 7 heteroatoms. The standard InChI is InChI=1S/C29H29ClFNO4/c1-17(2)36-27-13-11-24(30)29(31)28(27)22-10-12-25(32(35)16-22)23(14-19-4-5-19)26(34)15-20-6-8-21(9-7-20)18(3)33/h6-13,16-17,19,23H,4-5,14-15H2,1-3H3. The number of ether oxygens (including phenoxy) is 1. The Morgan fingerprint density at radius 1 is 1.11 bits per heavy atom. The topological polar surface area (TPSA) is 70.3 Å². The first kappa shape index (κ1) is 25.8. The van der Waals surface area contributed by atoms with Crippen LogP contribution < -0.4 is 9.47 Å². The van der Waals surface area contributed by atoms with Gasteiger partial charge in [-0.3, -0.25) is 9.59 Å². The van der Waals surface area contributed by atoms with Gasteiger partial charge < -0.3 is 9.94 Å². The Hall–Kier alpha value is -3.25. The largest absolute Gasteiger partial charge is 0.618 e. The molecule has 4 rings (SSSR count). The molecular formula is C29H29ClFNO4. The van der Waals surface area contributed by atoms with Gasteiger partial charge in [-0.1, -0.05) is 48.7 Å². The lowest BCUT2D eigenvalue weighted by Crippen LogP contribution is -2.36. The van der Waals surface area contributed by atoms with Crippen molar-refractivity contribution in [3.05, 3.63) is 87.6 Å². The lowest BCUT2D eigenvalue weighted by molar-refractivity contribution is -0.614. The van der Waals surface area contributed by atoms with Crippen LogP contribution in [0.1, 0.15) is 67.6 Å². The molecular weight excluding hydrogens is 481 g/mol. The van der Waals surface area contributed by atoms with Gasteiger partial charge in [0.05, 0.1) is 22.3 Å². The van der Waals surface area contributed by atoms with Gasteiger partial charge in [0.25, 0.3) is 0 Å². The first-order valence-corrected chi connectivity index (χ1v) is 12.5. The quantitative estimate of drug-likeness (QED) is 0.178. The first-order valence-electron chi connectivity index (χ1n) is 12.1. The number of carbonyl (C=O) groups is 2. The maximum atomic E-state index is 15.0. The lowest BCUT2D eigenvalue weighted by atomic mass is 9.89. The van der Waals surface area contributed by atoms with E-state index in [0.717, 1.165) is 18.4 Å². The smallest absolute Gasteiger partial charge is 0.203 e. The van der Waals surface area contributed by atoms with Crippen molar-refractivity contribution in [2.75, 3.05) is 0 Å². The Balaban J connectivity index is 1.65. The van der Waals surface area contributed by atoms with Crippen LogP contribution in [-0.2, 0) is 11.2 Å². The zero-order valence-corrected chi connectivity index (χ0v) is 21.3. The molecule has 0 aliphatic heterocycles. The van der Waals surface area contributed by atoms with E-state index >= 15 is 4.39 Å². The number of rotatable bonds is 10. The van der Waals surface area contributed by atoms with E-state index < -0.39 is 11.7 Å². The number of Topliss-reactive ketones (excluding diaryl/α,β-unsaturated/α-hetero) is 2. The lowest BCUT2D eigenvalue weighted by Gasteiger charge is -2.18. The fraction of sp³-hybridized carbons (Fsp3) is 0.345. The third kappa shape index (κ3) is 5.93. The maximum Gasteiger partial charge on any atom is 0.203 e. The summed E-state index contributed by atoms with van der Waals surface area (Å²) in [6.07, 6.45) is 3.92. The highest BCUT2D eigenvalue weighted by Gasteiger charge is 2.34. The zero-order chi connectivity index (χ0) is 26.0. The fourth-order valence-corrected chi connectivity index (χ4v) is 4.51. The number of nitrogens with zero attached hydrogens (tertiary/aromatic N) is 1. The molecule has 2 aromatic carbocycles. The van der Waals surface area contributed by atoms with Crippen LogP contribution in [0.5, 0.6) is 5.75 Å². The first-order chi connectivity index (χ1) is 17.1. The van der Waals surface area contributed by atoms with E-state index in [1.807, 2.05) is 13.8 Å². The van der Waals surface area contributed by atoms with Gasteiger partial charge in [-0.25, -0.2) is 4.39 Å². The molecule has 0 amide bonds. The highest BCUT2D eigenvalue weighted by atomic mass is 35.5. The highest BCUT2D eigenvalue weighted by Crippen LogP contribution is 2.40. The van der Waals surface area contributed by atoms with Crippen LogP contribution in [0.2, 0.25) is 5.02 Å². The van der Waals surface area contributed by atoms with Gasteiger partial charge in [0.2, 0.25) is 5.69 Å². The number of pyridine rings is 1. The van der Waals surface area contributed by atoms with Crippen molar-refractivity contribution in [3.63, 3.8) is 0 Å². The van der Waals surface area contributed by atoms with Crippen LogP contribution in [0.3, 0.4) is 0 Å². The van der Waals surface area contributed by atoms with Crippen LogP contribution in [-0.4, -0.2) is 17.7 Å². The third-order valence-electron chi connectivity index (χ3n) is 6.40. The van der Waals surface area contributed by atoms with Crippen LogP contribution in [0.15, 0.2) is 54.7 Å². The molecule has 1 aliphatic rings. The summed E-state index contributed by atoms with van der Waals surface area (Å²) in [5.74, 6) is -0.638. The number of carbonyl (C=O) groups excluding carboxylic acids is 2. The average molecular weight is 510 g/mol. The summed E-state index contributed by atoms with van der Waals surface area (Å²) in [6.45, 7) is 5.15. The van der Waals surface area contributed by atoms with Crippen LogP contribution >= 0.6 is 11.6 Å². The second kappa shape index (κ2) is 10.8. The molecule has 1 aliphatic carbocycles. The molecule has 1 saturated carbocycles. The third-order valence-corrected chi connectivity index (χ3v) is 6.69. The summed E-state index contributed by atoms with van der Waals surface area (Å²) in [7, 11) is 0.